The molecule has 0 aliphatic rings. The second-order valence-corrected chi connectivity index (χ2v) is 5.61. The Hall–Kier alpha value is -1.88. The van der Waals surface area contributed by atoms with E-state index >= 15 is 0 Å². The Morgan fingerprint density at radius 1 is 1.29 bits per heavy atom. The van der Waals surface area contributed by atoms with Gasteiger partial charge in [0.15, 0.2) is 0 Å². The van der Waals surface area contributed by atoms with Crippen molar-refractivity contribution in [3.8, 4) is 0 Å². The zero-order valence-corrected chi connectivity index (χ0v) is 13.7. The molecule has 1 aromatic carbocycles. The van der Waals surface area contributed by atoms with Gasteiger partial charge in [-0.1, -0.05) is 32.0 Å². The Bertz CT molecular complexity index is 648. The number of hydrogen-bond acceptors (Lipinski definition) is 3. The predicted octanol–water partition coefficient (Wildman–Crippen LogP) is 3.80. The average Bonchev–Trinajstić information content (AvgIpc) is 2.49. The number of halogens is 1. The van der Waals surface area contributed by atoms with Crippen LogP contribution in [0.3, 0.4) is 0 Å². The molecular weight excluding hydrogens is 330 g/mol. The van der Waals surface area contributed by atoms with Crippen LogP contribution in [0.5, 0.6) is 0 Å². The van der Waals surface area contributed by atoms with E-state index in [4.69, 9.17) is 5.73 Å². The number of nitrogens with two attached hydrogens (primary N) is 1. The summed E-state index contributed by atoms with van der Waals surface area (Å²) in [6.45, 7) is 4.14. The van der Waals surface area contributed by atoms with E-state index < -0.39 is 0 Å². The van der Waals surface area contributed by atoms with E-state index in [1.54, 1.807) is 12.3 Å². The van der Waals surface area contributed by atoms with E-state index in [-0.39, 0.29) is 11.7 Å². The van der Waals surface area contributed by atoms with Gasteiger partial charge in [-0.25, -0.2) is 4.98 Å². The molecule has 21 heavy (non-hydrogen) atoms. The van der Waals surface area contributed by atoms with Crippen molar-refractivity contribution in [2.45, 2.75) is 26.7 Å². The molecule has 0 saturated heterocycles. The van der Waals surface area contributed by atoms with Crippen molar-refractivity contribution < 1.29 is 4.79 Å². The standard InChI is InChI=1S/C16H18BrN3O/c1-3-10-6-5-7-11(4-2)14(10)20-16(21)13-8-12(17)9-19-15(13)18/h5-9H,3-4H2,1-2H3,(H2,18,19)(H,20,21). The fourth-order valence-corrected chi connectivity index (χ4v) is 2.55. The van der Waals surface area contributed by atoms with Crippen LogP contribution in [-0.4, -0.2) is 10.9 Å². The lowest BCUT2D eigenvalue weighted by Crippen LogP contribution is -2.17. The van der Waals surface area contributed by atoms with E-state index in [9.17, 15) is 4.79 Å². The van der Waals surface area contributed by atoms with Crippen molar-refractivity contribution >= 4 is 33.3 Å². The summed E-state index contributed by atoms with van der Waals surface area (Å²) in [4.78, 5) is 16.5. The van der Waals surface area contributed by atoms with Crippen LogP contribution < -0.4 is 11.1 Å². The largest absolute Gasteiger partial charge is 0.383 e. The molecule has 0 fully saturated rings. The molecule has 0 aliphatic heterocycles. The van der Waals surface area contributed by atoms with Gasteiger partial charge in [0.2, 0.25) is 0 Å². The topological polar surface area (TPSA) is 68.0 Å². The van der Waals surface area contributed by atoms with Crippen LogP contribution >= 0.6 is 15.9 Å². The number of hydrogen-bond donors (Lipinski definition) is 2. The van der Waals surface area contributed by atoms with E-state index in [2.05, 4.69) is 40.1 Å². The van der Waals surface area contributed by atoms with Gasteiger partial charge in [0.1, 0.15) is 5.82 Å². The Labute approximate surface area is 132 Å². The maximum Gasteiger partial charge on any atom is 0.259 e. The van der Waals surface area contributed by atoms with Gasteiger partial charge in [0, 0.05) is 16.4 Å². The van der Waals surface area contributed by atoms with Gasteiger partial charge in [0.05, 0.1) is 5.56 Å². The zero-order chi connectivity index (χ0) is 15.4. The first-order chi connectivity index (χ1) is 10.1. The summed E-state index contributed by atoms with van der Waals surface area (Å²) in [5.41, 5.74) is 9.28. The number of benzene rings is 1. The summed E-state index contributed by atoms with van der Waals surface area (Å²) in [6, 6.07) is 7.74. The Morgan fingerprint density at radius 2 is 1.90 bits per heavy atom. The third-order valence-corrected chi connectivity index (χ3v) is 3.80. The van der Waals surface area contributed by atoms with Gasteiger partial charge in [-0.2, -0.15) is 0 Å². The summed E-state index contributed by atoms with van der Waals surface area (Å²) < 4.78 is 0.723. The fourth-order valence-electron chi connectivity index (χ4n) is 2.22. The number of amides is 1. The van der Waals surface area contributed by atoms with Crippen molar-refractivity contribution in [2.24, 2.45) is 0 Å². The molecule has 1 amide bonds. The highest BCUT2D eigenvalue weighted by atomic mass is 79.9. The summed E-state index contributed by atoms with van der Waals surface area (Å²) in [6.07, 6.45) is 3.29. The molecule has 0 saturated carbocycles. The minimum atomic E-state index is -0.239. The van der Waals surface area contributed by atoms with Crippen LogP contribution in [0.15, 0.2) is 34.9 Å². The van der Waals surface area contributed by atoms with Gasteiger partial charge in [-0.3, -0.25) is 4.79 Å². The number of aromatic nitrogens is 1. The highest BCUT2D eigenvalue weighted by Gasteiger charge is 2.15. The lowest BCUT2D eigenvalue weighted by molar-refractivity contribution is 0.102. The van der Waals surface area contributed by atoms with Gasteiger partial charge in [-0.15, -0.1) is 0 Å². The fraction of sp³-hybridized carbons (Fsp3) is 0.250. The first-order valence-electron chi connectivity index (χ1n) is 6.89. The van der Waals surface area contributed by atoms with Crippen LogP contribution in [0.2, 0.25) is 0 Å². The molecule has 4 nitrogen and oxygen atoms in total. The summed E-state index contributed by atoms with van der Waals surface area (Å²) >= 11 is 3.31. The summed E-state index contributed by atoms with van der Waals surface area (Å²) in [7, 11) is 0. The molecule has 0 unspecified atom stereocenters. The average molecular weight is 348 g/mol. The zero-order valence-electron chi connectivity index (χ0n) is 12.1. The van der Waals surface area contributed by atoms with Crippen molar-refractivity contribution in [1.82, 2.24) is 4.98 Å². The van der Waals surface area contributed by atoms with Crippen molar-refractivity contribution in [1.29, 1.82) is 0 Å². The van der Waals surface area contributed by atoms with Gasteiger partial charge < -0.3 is 11.1 Å². The van der Waals surface area contributed by atoms with Crippen LogP contribution in [0.1, 0.15) is 35.3 Å². The number of nitrogens with one attached hydrogen (secondary N) is 1. The van der Waals surface area contributed by atoms with E-state index in [1.807, 2.05) is 18.2 Å². The minimum absolute atomic E-state index is 0.225. The molecule has 0 aliphatic carbocycles. The number of carbonyl (C=O) groups excluding carboxylic acids is 1. The monoisotopic (exact) mass is 347 g/mol. The number of nitrogens with zero attached hydrogens (tertiary/aromatic N) is 1. The molecule has 1 heterocycles. The molecule has 0 atom stereocenters. The molecule has 110 valence electrons. The maximum atomic E-state index is 12.5. The number of pyridine rings is 1. The van der Waals surface area contributed by atoms with Crippen molar-refractivity contribution in [3.63, 3.8) is 0 Å². The first-order valence-corrected chi connectivity index (χ1v) is 7.69. The highest BCUT2D eigenvalue weighted by Crippen LogP contribution is 2.24. The van der Waals surface area contributed by atoms with Crippen LogP contribution in [0.4, 0.5) is 11.5 Å². The number of aryl methyl sites for hydroxylation is 2. The third-order valence-electron chi connectivity index (χ3n) is 3.37. The normalized spacial score (nSPS) is 10.4. The third kappa shape index (κ3) is 3.42. The van der Waals surface area contributed by atoms with Crippen molar-refractivity contribution in [2.75, 3.05) is 11.1 Å². The molecule has 0 bridgehead atoms. The Kier molecular flexibility index (Phi) is 4.96. The lowest BCUT2D eigenvalue weighted by atomic mass is 10.0. The molecule has 1 aromatic heterocycles. The minimum Gasteiger partial charge on any atom is -0.383 e. The number of anilines is 2. The highest BCUT2D eigenvalue weighted by molar-refractivity contribution is 9.10. The van der Waals surface area contributed by atoms with Gasteiger partial charge >= 0.3 is 0 Å². The second kappa shape index (κ2) is 6.72. The number of carbonyl (C=O) groups is 1. The first kappa shape index (κ1) is 15.5. The lowest BCUT2D eigenvalue weighted by Gasteiger charge is -2.15. The number of nitrogen functional groups attached to an aromatic ring is 1. The molecule has 3 N–H and O–H groups in total. The number of para-hydroxylation sites is 1. The molecule has 5 heteroatoms. The van der Waals surface area contributed by atoms with E-state index in [0.717, 1.165) is 34.1 Å². The van der Waals surface area contributed by atoms with E-state index in [0.29, 0.717) is 5.56 Å². The van der Waals surface area contributed by atoms with Crippen molar-refractivity contribution in [3.05, 3.63) is 51.6 Å². The molecular formula is C16H18BrN3O. The Morgan fingerprint density at radius 3 is 2.48 bits per heavy atom. The maximum absolute atomic E-state index is 12.5. The second-order valence-electron chi connectivity index (χ2n) is 4.70. The predicted molar refractivity (Wildman–Crippen MR) is 89.5 cm³/mol. The summed E-state index contributed by atoms with van der Waals surface area (Å²) in [5, 5.41) is 2.99. The SMILES string of the molecule is CCc1cccc(CC)c1NC(=O)c1cc(Br)cnc1N. The smallest absolute Gasteiger partial charge is 0.259 e. The molecule has 0 spiro atoms. The molecule has 0 radical (unpaired) electrons. The van der Waals surface area contributed by atoms with Gasteiger partial charge in [0.25, 0.3) is 5.91 Å². The van der Waals surface area contributed by atoms with Crippen LogP contribution in [0, 0.1) is 0 Å². The summed E-state index contributed by atoms with van der Waals surface area (Å²) in [5.74, 6) is -0.0142. The van der Waals surface area contributed by atoms with Crippen LogP contribution in [0.25, 0.3) is 0 Å². The van der Waals surface area contributed by atoms with Crippen LogP contribution in [-0.2, 0) is 12.8 Å². The van der Waals surface area contributed by atoms with E-state index in [1.165, 1.54) is 0 Å². The molecule has 2 aromatic rings. The Balaban J connectivity index is 2.38. The molecule has 2 rings (SSSR count). The quantitative estimate of drug-likeness (QED) is 0.883. The number of rotatable bonds is 4. The van der Waals surface area contributed by atoms with Gasteiger partial charge in [-0.05, 0) is 46.0 Å².